The van der Waals surface area contributed by atoms with Crippen LogP contribution in [0.5, 0.6) is 0 Å². The molecular formula is C24H28N2O4S. The highest BCUT2D eigenvalue weighted by molar-refractivity contribution is 8.01. The summed E-state index contributed by atoms with van der Waals surface area (Å²) >= 11 is 1.49. The summed E-state index contributed by atoms with van der Waals surface area (Å²) in [5.41, 5.74) is 2.01. The molecule has 2 aromatic rings. The van der Waals surface area contributed by atoms with Gasteiger partial charge in [0.2, 0.25) is 11.8 Å². The monoisotopic (exact) mass is 440 g/mol. The van der Waals surface area contributed by atoms with Gasteiger partial charge in [-0.05, 0) is 36.0 Å². The van der Waals surface area contributed by atoms with Crippen molar-refractivity contribution in [3.8, 4) is 0 Å². The van der Waals surface area contributed by atoms with Gasteiger partial charge in [0.25, 0.3) is 0 Å². The molecule has 2 amide bonds. The Morgan fingerprint density at radius 1 is 1.00 bits per heavy atom. The minimum Gasteiger partial charge on any atom is -0.480 e. The number of amides is 2. The SMILES string of the molecule is CC(C)C[C@H](NC(=O)C(Cc1ccccc1)NC(=O)[C@@H]1Cc2ccccc2S1)C(=O)O. The maximum absolute atomic E-state index is 13.0. The molecule has 0 aliphatic carbocycles. The predicted octanol–water partition coefficient (Wildman–Crippen LogP) is 3.05. The lowest BCUT2D eigenvalue weighted by atomic mass is 10.0. The Labute approximate surface area is 186 Å². The van der Waals surface area contributed by atoms with Crippen molar-refractivity contribution in [1.29, 1.82) is 0 Å². The summed E-state index contributed by atoms with van der Waals surface area (Å²) in [4.78, 5) is 38.7. The van der Waals surface area contributed by atoms with Crippen LogP contribution in [0.1, 0.15) is 31.4 Å². The van der Waals surface area contributed by atoms with Crippen molar-refractivity contribution in [2.75, 3.05) is 0 Å². The van der Waals surface area contributed by atoms with Gasteiger partial charge in [-0.25, -0.2) is 4.79 Å². The summed E-state index contributed by atoms with van der Waals surface area (Å²) in [6.45, 7) is 3.81. The molecule has 3 atom stereocenters. The third kappa shape index (κ3) is 6.34. The summed E-state index contributed by atoms with van der Waals surface area (Å²) in [6, 6.07) is 15.4. The number of aliphatic carboxylic acids is 1. The van der Waals surface area contributed by atoms with Crippen molar-refractivity contribution in [2.45, 2.75) is 55.3 Å². The zero-order valence-electron chi connectivity index (χ0n) is 17.7. The minimum absolute atomic E-state index is 0.108. The summed E-state index contributed by atoms with van der Waals surface area (Å²) in [5.74, 6) is -1.66. The quantitative estimate of drug-likeness (QED) is 0.557. The zero-order chi connectivity index (χ0) is 22.4. The lowest BCUT2D eigenvalue weighted by Crippen LogP contribution is -2.54. The molecule has 1 unspecified atom stereocenters. The molecule has 0 saturated carbocycles. The van der Waals surface area contributed by atoms with E-state index in [0.717, 1.165) is 16.0 Å². The highest BCUT2D eigenvalue weighted by Gasteiger charge is 2.32. The second kappa shape index (κ2) is 10.5. The van der Waals surface area contributed by atoms with Crippen molar-refractivity contribution in [3.63, 3.8) is 0 Å². The number of carboxylic acid groups (broad SMARTS) is 1. The molecule has 1 aliphatic heterocycles. The number of hydrogen-bond acceptors (Lipinski definition) is 4. The number of thioether (sulfide) groups is 1. The number of hydrogen-bond donors (Lipinski definition) is 3. The Balaban J connectivity index is 1.72. The summed E-state index contributed by atoms with van der Waals surface area (Å²) < 4.78 is 0. The van der Waals surface area contributed by atoms with Gasteiger partial charge in [-0.1, -0.05) is 62.4 Å². The second-order valence-electron chi connectivity index (χ2n) is 8.20. The number of carbonyl (C=O) groups excluding carboxylic acids is 2. The summed E-state index contributed by atoms with van der Waals surface area (Å²) in [5, 5.41) is 14.7. The third-order valence-corrected chi connectivity index (χ3v) is 6.49. The van der Waals surface area contributed by atoms with Crippen molar-refractivity contribution in [1.82, 2.24) is 10.6 Å². The Morgan fingerprint density at radius 2 is 1.68 bits per heavy atom. The van der Waals surface area contributed by atoms with E-state index < -0.39 is 24.0 Å². The number of fused-ring (bicyclic) bond motifs is 1. The Morgan fingerprint density at radius 3 is 2.32 bits per heavy atom. The maximum atomic E-state index is 13.0. The van der Waals surface area contributed by atoms with Gasteiger partial charge < -0.3 is 15.7 Å². The number of nitrogens with one attached hydrogen (secondary N) is 2. The van der Waals surface area contributed by atoms with Crippen LogP contribution in [-0.4, -0.2) is 40.2 Å². The number of carbonyl (C=O) groups is 3. The van der Waals surface area contributed by atoms with Gasteiger partial charge in [0, 0.05) is 11.3 Å². The molecule has 6 nitrogen and oxygen atoms in total. The fourth-order valence-electron chi connectivity index (χ4n) is 3.62. The molecule has 3 N–H and O–H groups in total. The van der Waals surface area contributed by atoms with E-state index in [4.69, 9.17) is 0 Å². The number of carboxylic acids is 1. The van der Waals surface area contributed by atoms with E-state index in [9.17, 15) is 19.5 Å². The Bertz CT molecular complexity index is 907. The molecule has 0 bridgehead atoms. The third-order valence-electron chi connectivity index (χ3n) is 5.18. The van der Waals surface area contributed by atoms with E-state index in [0.29, 0.717) is 12.8 Å². The molecule has 0 spiro atoms. The van der Waals surface area contributed by atoms with Gasteiger partial charge in [-0.15, -0.1) is 11.8 Å². The van der Waals surface area contributed by atoms with Gasteiger partial charge in [-0.3, -0.25) is 9.59 Å². The zero-order valence-corrected chi connectivity index (χ0v) is 18.5. The van der Waals surface area contributed by atoms with Crippen LogP contribution < -0.4 is 10.6 Å². The Kier molecular flexibility index (Phi) is 7.74. The predicted molar refractivity (Wildman–Crippen MR) is 121 cm³/mol. The van der Waals surface area contributed by atoms with E-state index >= 15 is 0 Å². The van der Waals surface area contributed by atoms with Crippen LogP contribution in [0.3, 0.4) is 0 Å². The highest BCUT2D eigenvalue weighted by atomic mass is 32.2. The molecule has 2 aromatic carbocycles. The van der Waals surface area contributed by atoms with Crippen molar-refractivity contribution < 1.29 is 19.5 Å². The van der Waals surface area contributed by atoms with Gasteiger partial charge in [-0.2, -0.15) is 0 Å². The molecule has 1 heterocycles. The molecular weight excluding hydrogens is 412 g/mol. The van der Waals surface area contributed by atoms with Gasteiger partial charge >= 0.3 is 5.97 Å². The summed E-state index contributed by atoms with van der Waals surface area (Å²) in [7, 11) is 0. The van der Waals surface area contributed by atoms with Crippen LogP contribution in [0.4, 0.5) is 0 Å². The average molecular weight is 441 g/mol. The number of rotatable bonds is 9. The van der Waals surface area contributed by atoms with Crippen molar-refractivity contribution >= 4 is 29.5 Å². The second-order valence-corrected chi connectivity index (χ2v) is 9.44. The molecule has 164 valence electrons. The van der Waals surface area contributed by atoms with Crippen LogP contribution in [0.25, 0.3) is 0 Å². The maximum Gasteiger partial charge on any atom is 0.326 e. The first-order chi connectivity index (χ1) is 14.8. The van der Waals surface area contributed by atoms with E-state index in [1.54, 1.807) is 0 Å². The first-order valence-corrected chi connectivity index (χ1v) is 11.3. The molecule has 0 radical (unpaired) electrons. The molecule has 31 heavy (non-hydrogen) atoms. The van der Waals surface area contributed by atoms with Crippen LogP contribution in [0, 0.1) is 5.92 Å². The fraction of sp³-hybridized carbons (Fsp3) is 0.375. The Hall–Kier alpha value is -2.80. The van der Waals surface area contributed by atoms with Gasteiger partial charge in [0.15, 0.2) is 0 Å². The lowest BCUT2D eigenvalue weighted by Gasteiger charge is -2.23. The standard InChI is InChI=1S/C24H28N2O4S/c1-15(2)12-19(24(29)30)26-22(27)18(13-16-8-4-3-5-9-16)25-23(28)21-14-17-10-6-7-11-20(17)31-21/h3-11,15,18-19,21H,12-14H2,1-2H3,(H,25,28)(H,26,27)(H,29,30)/t18?,19-,21-/m0/s1. The van der Waals surface area contributed by atoms with Crippen LogP contribution in [0.2, 0.25) is 0 Å². The van der Waals surface area contributed by atoms with E-state index in [2.05, 4.69) is 10.6 Å². The first kappa shape index (κ1) is 22.9. The van der Waals surface area contributed by atoms with Crippen molar-refractivity contribution in [3.05, 3.63) is 65.7 Å². The molecule has 0 aromatic heterocycles. The molecule has 0 fully saturated rings. The molecule has 1 aliphatic rings. The molecule has 3 rings (SSSR count). The van der Waals surface area contributed by atoms with Gasteiger partial charge in [0.05, 0.1) is 5.25 Å². The van der Waals surface area contributed by atoms with Crippen LogP contribution in [-0.2, 0) is 27.2 Å². The van der Waals surface area contributed by atoms with E-state index in [1.165, 1.54) is 11.8 Å². The van der Waals surface area contributed by atoms with E-state index in [-0.39, 0.29) is 23.5 Å². The van der Waals surface area contributed by atoms with Crippen LogP contribution in [0.15, 0.2) is 59.5 Å². The van der Waals surface area contributed by atoms with Crippen molar-refractivity contribution in [2.24, 2.45) is 5.92 Å². The van der Waals surface area contributed by atoms with Crippen LogP contribution >= 0.6 is 11.8 Å². The fourth-order valence-corrected chi connectivity index (χ4v) is 4.82. The average Bonchev–Trinajstić information content (AvgIpc) is 3.17. The normalized spacial score (nSPS) is 16.9. The number of benzene rings is 2. The lowest BCUT2D eigenvalue weighted by molar-refractivity contribution is -0.142. The highest BCUT2D eigenvalue weighted by Crippen LogP contribution is 2.36. The van der Waals surface area contributed by atoms with E-state index in [1.807, 2.05) is 68.4 Å². The minimum atomic E-state index is -1.08. The van der Waals surface area contributed by atoms with Gasteiger partial charge in [0.1, 0.15) is 12.1 Å². The first-order valence-electron chi connectivity index (χ1n) is 10.5. The topological polar surface area (TPSA) is 95.5 Å². The smallest absolute Gasteiger partial charge is 0.326 e. The molecule has 0 saturated heterocycles. The summed E-state index contributed by atoms with van der Waals surface area (Å²) in [6.07, 6.45) is 1.22. The molecule has 7 heteroatoms. The largest absolute Gasteiger partial charge is 0.480 e.